The second-order valence-electron chi connectivity index (χ2n) is 13.5. The molecule has 3 rings (SSSR count). The van der Waals surface area contributed by atoms with Crippen LogP contribution in [0.1, 0.15) is 59.1 Å². The standard InChI is InChI=1S/C33H48N2O7Si/c1-32(2,3)41-31(38)34-28(30(37)40-23-25-17-13-10-14-18-25)27(42-43(7,8)33(4,5)6)21-35-20-19-26(35)29(36)39-22-24-15-11-9-12-16-24/h9-18,26-28H,19-23H2,1-8H3,(H,34,38)/t26-,27-,28-/m0/s1. The molecule has 0 aromatic heterocycles. The summed E-state index contributed by atoms with van der Waals surface area (Å²) in [7, 11) is -2.47. The molecule has 1 fully saturated rings. The van der Waals surface area contributed by atoms with Gasteiger partial charge in [0.2, 0.25) is 0 Å². The Labute approximate surface area is 257 Å². The molecule has 10 heteroatoms. The van der Waals surface area contributed by atoms with Gasteiger partial charge in [0.25, 0.3) is 0 Å². The number of benzene rings is 2. The van der Waals surface area contributed by atoms with E-state index in [4.69, 9.17) is 18.6 Å². The van der Waals surface area contributed by atoms with Crippen LogP contribution >= 0.6 is 0 Å². The minimum Gasteiger partial charge on any atom is -0.460 e. The molecular weight excluding hydrogens is 564 g/mol. The molecule has 3 atom stereocenters. The zero-order valence-electron chi connectivity index (χ0n) is 26.8. The number of amides is 1. The monoisotopic (exact) mass is 612 g/mol. The van der Waals surface area contributed by atoms with E-state index >= 15 is 0 Å². The zero-order valence-corrected chi connectivity index (χ0v) is 27.8. The highest BCUT2D eigenvalue weighted by molar-refractivity contribution is 6.74. The summed E-state index contributed by atoms with van der Waals surface area (Å²) in [6, 6.07) is 17.2. The van der Waals surface area contributed by atoms with Crippen LogP contribution in [-0.2, 0) is 41.4 Å². The molecule has 1 N–H and O–H groups in total. The Morgan fingerprint density at radius 3 is 1.88 bits per heavy atom. The van der Waals surface area contributed by atoms with E-state index in [9.17, 15) is 14.4 Å². The molecule has 1 heterocycles. The van der Waals surface area contributed by atoms with Crippen LogP contribution in [-0.4, -0.2) is 68.1 Å². The third kappa shape index (κ3) is 10.5. The fourth-order valence-corrected chi connectivity index (χ4v) is 5.63. The lowest BCUT2D eigenvalue weighted by Gasteiger charge is -2.45. The second kappa shape index (κ2) is 14.5. The van der Waals surface area contributed by atoms with Gasteiger partial charge >= 0.3 is 18.0 Å². The molecule has 0 unspecified atom stereocenters. The summed E-state index contributed by atoms with van der Waals surface area (Å²) < 4.78 is 23.7. The van der Waals surface area contributed by atoms with Crippen LogP contribution in [0.3, 0.4) is 0 Å². The summed E-state index contributed by atoms with van der Waals surface area (Å²) in [5.74, 6) is -0.966. The summed E-state index contributed by atoms with van der Waals surface area (Å²) in [6.07, 6.45) is -0.926. The average Bonchev–Trinajstić information content (AvgIpc) is 2.90. The summed E-state index contributed by atoms with van der Waals surface area (Å²) >= 11 is 0. The quantitative estimate of drug-likeness (QED) is 0.181. The lowest BCUT2D eigenvalue weighted by Crippen LogP contribution is -2.62. The molecule has 2 aromatic rings. The molecule has 1 amide bonds. The van der Waals surface area contributed by atoms with Crippen LogP contribution in [0.25, 0.3) is 0 Å². The molecule has 9 nitrogen and oxygen atoms in total. The van der Waals surface area contributed by atoms with Crippen molar-refractivity contribution >= 4 is 26.3 Å². The average molecular weight is 613 g/mol. The van der Waals surface area contributed by atoms with Crippen molar-refractivity contribution in [2.24, 2.45) is 0 Å². The van der Waals surface area contributed by atoms with Crippen LogP contribution in [0, 0.1) is 0 Å². The van der Waals surface area contributed by atoms with Crippen LogP contribution in [0.15, 0.2) is 60.7 Å². The molecule has 0 saturated carbocycles. The molecule has 0 radical (unpaired) electrons. The highest BCUT2D eigenvalue weighted by Gasteiger charge is 2.46. The van der Waals surface area contributed by atoms with Crippen molar-refractivity contribution in [3.8, 4) is 0 Å². The van der Waals surface area contributed by atoms with Crippen molar-refractivity contribution in [1.82, 2.24) is 10.2 Å². The van der Waals surface area contributed by atoms with E-state index in [-0.39, 0.29) is 30.8 Å². The lowest BCUT2D eigenvalue weighted by atomic mass is 10.0. The Balaban J connectivity index is 1.84. The molecule has 0 spiro atoms. The van der Waals surface area contributed by atoms with Crippen molar-refractivity contribution in [3.63, 3.8) is 0 Å². The molecule has 236 valence electrons. The fraction of sp³-hybridized carbons (Fsp3) is 0.545. The Kier molecular flexibility index (Phi) is 11.6. The summed E-state index contributed by atoms with van der Waals surface area (Å²) in [5, 5.41) is 2.56. The maximum atomic E-state index is 13.7. The molecule has 1 aliphatic heterocycles. The largest absolute Gasteiger partial charge is 0.460 e. The number of nitrogens with zero attached hydrogens (tertiary/aromatic N) is 1. The number of carbonyl (C=O) groups is 3. The Morgan fingerprint density at radius 2 is 1.42 bits per heavy atom. The van der Waals surface area contributed by atoms with Crippen molar-refractivity contribution < 1.29 is 33.0 Å². The number of rotatable bonds is 12. The molecule has 1 aliphatic rings. The molecule has 1 saturated heterocycles. The van der Waals surface area contributed by atoms with Gasteiger partial charge in [-0.25, -0.2) is 9.59 Å². The molecule has 2 aromatic carbocycles. The Bertz CT molecular complexity index is 1210. The van der Waals surface area contributed by atoms with Crippen LogP contribution in [0.4, 0.5) is 4.79 Å². The van der Waals surface area contributed by atoms with Crippen LogP contribution in [0.5, 0.6) is 0 Å². The van der Waals surface area contributed by atoms with Gasteiger partial charge in [-0.2, -0.15) is 0 Å². The predicted molar refractivity (Wildman–Crippen MR) is 168 cm³/mol. The topological polar surface area (TPSA) is 103 Å². The van der Waals surface area contributed by atoms with Gasteiger partial charge in [0, 0.05) is 13.1 Å². The number of ether oxygens (including phenoxy) is 3. The minimum atomic E-state index is -2.47. The number of esters is 2. The summed E-state index contributed by atoms with van der Waals surface area (Å²) in [4.78, 5) is 41.7. The fourth-order valence-electron chi connectivity index (χ4n) is 4.30. The number of hydrogen-bond donors (Lipinski definition) is 1. The second-order valence-corrected chi connectivity index (χ2v) is 18.3. The number of alkyl carbamates (subject to hydrolysis) is 1. The van der Waals surface area contributed by atoms with Gasteiger partial charge in [-0.05, 0) is 56.5 Å². The maximum absolute atomic E-state index is 13.7. The van der Waals surface area contributed by atoms with Crippen molar-refractivity contribution in [2.75, 3.05) is 13.1 Å². The highest BCUT2D eigenvalue weighted by Crippen LogP contribution is 2.38. The van der Waals surface area contributed by atoms with Crippen molar-refractivity contribution in [2.45, 2.75) is 103 Å². The first-order chi connectivity index (χ1) is 20.1. The normalized spacial score (nSPS) is 17.3. The van der Waals surface area contributed by atoms with Crippen molar-refractivity contribution in [3.05, 3.63) is 71.8 Å². The number of hydrogen-bond acceptors (Lipinski definition) is 8. The van der Waals surface area contributed by atoms with E-state index in [1.54, 1.807) is 20.8 Å². The van der Waals surface area contributed by atoms with E-state index in [1.807, 2.05) is 65.6 Å². The van der Waals surface area contributed by atoms with E-state index in [2.05, 4.69) is 39.2 Å². The first kappa shape index (κ1) is 34.3. The number of nitrogens with one attached hydrogen (secondary N) is 1. The van der Waals surface area contributed by atoms with E-state index in [0.717, 1.165) is 11.1 Å². The smallest absolute Gasteiger partial charge is 0.408 e. The highest BCUT2D eigenvalue weighted by atomic mass is 28.4. The van der Waals surface area contributed by atoms with Crippen LogP contribution in [0.2, 0.25) is 18.1 Å². The molecule has 43 heavy (non-hydrogen) atoms. The molecule has 0 bridgehead atoms. The predicted octanol–water partition coefficient (Wildman–Crippen LogP) is 5.83. The van der Waals surface area contributed by atoms with Gasteiger partial charge in [0.15, 0.2) is 14.4 Å². The van der Waals surface area contributed by atoms with Gasteiger partial charge in [0.1, 0.15) is 24.9 Å². The van der Waals surface area contributed by atoms with Gasteiger partial charge in [-0.1, -0.05) is 81.4 Å². The van der Waals surface area contributed by atoms with E-state index in [0.29, 0.717) is 13.0 Å². The number of carbonyl (C=O) groups excluding carboxylic acids is 3. The molecular formula is C33H48N2O7Si. The first-order valence-corrected chi connectivity index (χ1v) is 17.8. The Morgan fingerprint density at radius 1 is 0.884 bits per heavy atom. The minimum absolute atomic E-state index is 0.0388. The zero-order chi connectivity index (χ0) is 31.8. The van der Waals surface area contributed by atoms with Crippen LogP contribution < -0.4 is 5.32 Å². The Hall–Kier alpha value is -3.21. The SMILES string of the molecule is CC(C)(C)OC(=O)N[C@H](C(=O)OCc1ccccc1)[C@H](CN1CC[C@H]1C(=O)OCc1ccccc1)O[Si](C)(C)C(C)(C)C. The summed E-state index contributed by atoms with van der Waals surface area (Å²) in [5.41, 5.74) is 0.949. The lowest BCUT2D eigenvalue weighted by molar-refractivity contribution is -0.158. The maximum Gasteiger partial charge on any atom is 0.408 e. The molecule has 0 aliphatic carbocycles. The van der Waals surface area contributed by atoms with Gasteiger partial charge in [-0.3, -0.25) is 9.69 Å². The van der Waals surface area contributed by atoms with E-state index < -0.39 is 44.2 Å². The van der Waals surface area contributed by atoms with E-state index in [1.165, 1.54) is 0 Å². The first-order valence-electron chi connectivity index (χ1n) is 14.9. The van der Waals surface area contributed by atoms with Gasteiger partial charge < -0.3 is 24.0 Å². The van der Waals surface area contributed by atoms with Gasteiger partial charge in [-0.15, -0.1) is 0 Å². The van der Waals surface area contributed by atoms with Crippen molar-refractivity contribution in [1.29, 1.82) is 0 Å². The third-order valence-corrected chi connectivity index (χ3v) is 12.3. The third-order valence-electron chi connectivity index (χ3n) is 7.82. The number of likely N-dealkylation sites (tertiary alicyclic amines) is 1. The van der Waals surface area contributed by atoms with Gasteiger partial charge in [0.05, 0.1) is 6.10 Å². The summed E-state index contributed by atoms with van der Waals surface area (Å²) in [6.45, 7) is 16.8.